The fourth-order valence-electron chi connectivity index (χ4n) is 2.27. The van der Waals surface area contributed by atoms with E-state index in [9.17, 15) is 0 Å². The zero-order valence-corrected chi connectivity index (χ0v) is 15.2. The summed E-state index contributed by atoms with van der Waals surface area (Å²) in [7, 11) is 3.82. The Morgan fingerprint density at radius 3 is 2.96 bits per heavy atom. The molecule has 0 fully saturated rings. The maximum absolute atomic E-state index is 5.99. The molecule has 0 aliphatic carbocycles. The first-order valence-electron chi connectivity index (χ1n) is 8.14. The lowest BCUT2D eigenvalue weighted by atomic mass is 10.2. The molecule has 1 aromatic heterocycles. The van der Waals surface area contributed by atoms with Crippen LogP contribution in [0.5, 0.6) is 0 Å². The van der Waals surface area contributed by atoms with Crippen LogP contribution in [0.4, 0.5) is 0 Å². The molecule has 6 nitrogen and oxygen atoms in total. The van der Waals surface area contributed by atoms with Crippen molar-refractivity contribution in [2.24, 2.45) is 4.99 Å². The van der Waals surface area contributed by atoms with Crippen molar-refractivity contribution < 1.29 is 4.52 Å². The SMILES string of the molecule is CCCCN(C)C(=NC)NCCc1nc(-c2cccc(Cl)c2)no1. The Morgan fingerprint density at radius 2 is 2.25 bits per heavy atom. The molecule has 1 N–H and O–H groups in total. The van der Waals surface area contributed by atoms with E-state index in [2.05, 4.69) is 32.3 Å². The summed E-state index contributed by atoms with van der Waals surface area (Å²) in [5.74, 6) is 2.01. The van der Waals surface area contributed by atoms with Gasteiger partial charge in [-0.15, -0.1) is 0 Å². The number of unbranched alkanes of at least 4 members (excludes halogenated alkanes) is 1. The summed E-state index contributed by atoms with van der Waals surface area (Å²) in [4.78, 5) is 10.8. The molecule has 0 atom stereocenters. The molecule has 2 rings (SSSR count). The monoisotopic (exact) mass is 349 g/mol. The minimum Gasteiger partial charge on any atom is -0.356 e. The van der Waals surface area contributed by atoms with Gasteiger partial charge in [0, 0.05) is 44.2 Å². The van der Waals surface area contributed by atoms with Gasteiger partial charge in [-0.25, -0.2) is 0 Å². The number of guanidine groups is 1. The molecule has 24 heavy (non-hydrogen) atoms. The molecule has 0 amide bonds. The van der Waals surface area contributed by atoms with Gasteiger partial charge in [-0.05, 0) is 18.6 Å². The zero-order valence-electron chi connectivity index (χ0n) is 14.4. The molecule has 0 saturated heterocycles. The third-order valence-corrected chi connectivity index (χ3v) is 3.83. The molecule has 0 aliphatic heterocycles. The average molecular weight is 350 g/mol. The van der Waals surface area contributed by atoms with Crippen molar-refractivity contribution >= 4 is 17.6 Å². The van der Waals surface area contributed by atoms with Crippen molar-refractivity contribution in [1.82, 2.24) is 20.4 Å². The molecule has 0 unspecified atom stereocenters. The van der Waals surface area contributed by atoms with Gasteiger partial charge in [-0.2, -0.15) is 4.98 Å². The van der Waals surface area contributed by atoms with Crippen LogP contribution < -0.4 is 5.32 Å². The number of benzene rings is 1. The Kier molecular flexibility index (Phi) is 7.06. The molecule has 1 aromatic carbocycles. The minimum absolute atomic E-state index is 0.553. The van der Waals surface area contributed by atoms with Gasteiger partial charge in [-0.1, -0.05) is 42.2 Å². The Hall–Kier alpha value is -2.08. The number of nitrogens with one attached hydrogen (secondary N) is 1. The summed E-state index contributed by atoms with van der Waals surface area (Å²) < 4.78 is 5.30. The predicted octanol–water partition coefficient (Wildman–Crippen LogP) is 3.24. The van der Waals surface area contributed by atoms with Gasteiger partial charge in [0.15, 0.2) is 5.96 Å². The number of aromatic nitrogens is 2. The molecular weight excluding hydrogens is 326 g/mol. The van der Waals surface area contributed by atoms with E-state index in [1.54, 1.807) is 7.05 Å². The molecule has 2 aromatic rings. The highest BCUT2D eigenvalue weighted by Gasteiger charge is 2.10. The summed E-state index contributed by atoms with van der Waals surface area (Å²) in [5, 5.41) is 7.97. The molecular formula is C17H24ClN5O. The lowest BCUT2D eigenvalue weighted by Gasteiger charge is -2.21. The van der Waals surface area contributed by atoms with E-state index in [0.717, 1.165) is 30.9 Å². The summed E-state index contributed by atoms with van der Waals surface area (Å²) in [6.45, 7) is 3.84. The minimum atomic E-state index is 0.553. The van der Waals surface area contributed by atoms with Crippen LogP contribution in [-0.4, -0.2) is 48.2 Å². The summed E-state index contributed by atoms with van der Waals surface area (Å²) in [6.07, 6.45) is 2.94. The van der Waals surface area contributed by atoms with Crippen LogP contribution in [0.15, 0.2) is 33.8 Å². The fraction of sp³-hybridized carbons (Fsp3) is 0.471. The highest BCUT2D eigenvalue weighted by molar-refractivity contribution is 6.30. The molecule has 1 heterocycles. The Bertz CT molecular complexity index is 671. The third-order valence-electron chi connectivity index (χ3n) is 3.59. The molecule has 0 spiro atoms. The first-order valence-corrected chi connectivity index (χ1v) is 8.52. The zero-order chi connectivity index (χ0) is 17.4. The van der Waals surface area contributed by atoms with Crippen molar-refractivity contribution in [3.8, 4) is 11.4 Å². The second-order valence-electron chi connectivity index (χ2n) is 5.52. The van der Waals surface area contributed by atoms with Crippen LogP contribution in [0.25, 0.3) is 11.4 Å². The van der Waals surface area contributed by atoms with E-state index in [1.807, 2.05) is 31.3 Å². The van der Waals surface area contributed by atoms with Gasteiger partial charge in [0.2, 0.25) is 11.7 Å². The van der Waals surface area contributed by atoms with Crippen molar-refractivity contribution in [3.05, 3.63) is 35.2 Å². The predicted molar refractivity (Wildman–Crippen MR) is 97.3 cm³/mol. The number of hydrogen-bond acceptors (Lipinski definition) is 4. The number of nitrogens with zero attached hydrogens (tertiary/aromatic N) is 4. The number of aliphatic imine (C=N–C) groups is 1. The normalized spacial score (nSPS) is 11.6. The quantitative estimate of drug-likeness (QED) is 0.614. The van der Waals surface area contributed by atoms with E-state index in [0.29, 0.717) is 29.7 Å². The molecule has 0 radical (unpaired) electrons. The van der Waals surface area contributed by atoms with Gasteiger partial charge in [0.1, 0.15) is 0 Å². The average Bonchev–Trinajstić information content (AvgIpc) is 3.05. The molecule has 0 saturated carbocycles. The topological polar surface area (TPSA) is 66.5 Å². The lowest BCUT2D eigenvalue weighted by Crippen LogP contribution is -2.40. The second kappa shape index (κ2) is 9.27. The largest absolute Gasteiger partial charge is 0.356 e. The number of halogens is 1. The van der Waals surface area contributed by atoms with Gasteiger partial charge < -0.3 is 14.7 Å². The number of hydrogen-bond donors (Lipinski definition) is 1. The van der Waals surface area contributed by atoms with E-state index in [-0.39, 0.29) is 0 Å². The highest BCUT2D eigenvalue weighted by Crippen LogP contribution is 2.19. The van der Waals surface area contributed by atoms with Crippen LogP contribution in [0.1, 0.15) is 25.7 Å². The van der Waals surface area contributed by atoms with Crippen LogP contribution in [0, 0.1) is 0 Å². The third kappa shape index (κ3) is 5.23. The van der Waals surface area contributed by atoms with Crippen molar-refractivity contribution in [3.63, 3.8) is 0 Å². The highest BCUT2D eigenvalue weighted by atomic mass is 35.5. The van der Waals surface area contributed by atoms with Crippen LogP contribution in [0.3, 0.4) is 0 Å². The van der Waals surface area contributed by atoms with Gasteiger partial charge in [0.05, 0.1) is 0 Å². The summed E-state index contributed by atoms with van der Waals surface area (Å²) >= 11 is 5.99. The first-order chi connectivity index (χ1) is 11.6. The van der Waals surface area contributed by atoms with E-state index in [4.69, 9.17) is 16.1 Å². The first kappa shape index (κ1) is 18.3. The Labute approximate surface area is 147 Å². The molecule has 0 bridgehead atoms. The maximum atomic E-state index is 5.99. The Balaban J connectivity index is 1.87. The fourth-order valence-corrected chi connectivity index (χ4v) is 2.46. The van der Waals surface area contributed by atoms with Crippen LogP contribution in [-0.2, 0) is 6.42 Å². The van der Waals surface area contributed by atoms with Gasteiger partial charge in [-0.3, -0.25) is 4.99 Å². The smallest absolute Gasteiger partial charge is 0.228 e. The van der Waals surface area contributed by atoms with Gasteiger partial charge in [0.25, 0.3) is 0 Å². The number of rotatable bonds is 7. The van der Waals surface area contributed by atoms with E-state index in [1.165, 1.54) is 0 Å². The molecule has 130 valence electrons. The maximum Gasteiger partial charge on any atom is 0.228 e. The van der Waals surface area contributed by atoms with E-state index < -0.39 is 0 Å². The van der Waals surface area contributed by atoms with Crippen LogP contribution >= 0.6 is 11.6 Å². The lowest BCUT2D eigenvalue weighted by molar-refractivity contribution is 0.377. The molecule has 7 heteroatoms. The van der Waals surface area contributed by atoms with Crippen LogP contribution in [0.2, 0.25) is 5.02 Å². The second-order valence-corrected chi connectivity index (χ2v) is 5.96. The Morgan fingerprint density at radius 1 is 1.42 bits per heavy atom. The van der Waals surface area contributed by atoms with E-state index >= 15 is 0 Å². The van der Waals surface area contributed by atoms with Gasteiger partial charge >= 0.3 is 0 Å². The van der Waals surface area contributed by atoms with Crippen molar-refractivity contribution in [2.75, 3.05) is 27.2 Å². The van der Waals surface area contributed by atoms with Crippen molar-refractivity contribution in [1.29, 1.82) is 0 Å². The summed E-state index contributed by atoms with van der Waals surface area (Å²) in [6, 6.07) is 7.41. The summed E-state index contributed by atoms with van der Waals surface area (Å²) in [5.41, 5.74) is 0.848. The molecule has 0 aliphatic rings. The standard InChI is InChI=1S/C17H24ClN5O/c1-4-5-11-23(3)17(19-2)20-10-9-15-21-16(22-24-15)13-7-6-8-14(18)12-13/h6-8,12H,4-5,9-11H2,1-3H3,(H,19,20). The van der Waals surface area contributed by atoms with Crippen molar-refractivity contribution in [2.45, 2.75) is 26.2 Å².